The van der Waals surface area contributed by atoms with Gasteiger partial charge < -0.3 is 4.74 Å². The van der Waals surface area contributed by atoms with Crippen LogP contribution in [0.15, 0.2) is 0 Å². The molecule has 0 amide bonds. The van der Waals surface area contributed by atoms with Crippen molar-refractivity contribution < 1.29 is 13.2 Å². The van der Waals surface area contributed by atoms with Crippen LogP contribution in [-0.2, 0) is 14.6 Å². The number of sulfone groups is 1. The molecule has 13 heavy (non-hydrogen) atoms. The van der Waals surface area contributed by atoms with Gasteiger partial charge in [-0.15, -0.1) is 0 Å². The van der Waals surface area contributed by atoms with Crippen molar-refractivity contribution in [1.29, 1.82) is 5.26 Å². The number of nitriles is 1. The molecule has 0 N–H and O–H groups in total. The number of hydrogen-bond acceptors (Lipinski definition) is 4. The second-order valence-electron chi connectivity index (χ2n) is 3.18. The third-order valence-corrected chi connectivity index (χ3v) is 4.58. The average Bonchev–Trinajstić information content (AvgIpc) is 2.48. The molecule has 0 bridgehead atoms. The zero-order chi connectivity index (χ0) is 9.90. The highest BCUT2D eigenvalue weighted by molar-refractivity contribution is 7.92. The fraction of sp³-hybridized carbons (Fsp3) is 0.875. The van der Waals surface area contributed by atoms with Crippen LogP contribution in [0.2, 0.25) is 0 Å². The molecule has 4 nitrogen and oxygen atoms in total. The Morgan fingerprint density at radius 1 is 1.62 bits per heavy atom. The van der Waals surface area contributed by atoms with E-state index >= 15 is 0 Å². The topological polar surface area (TPSA) is 67.2 Å². The fourth-order valence-corrected chi connectivity index (χ4v) is 3.32. The summed E-state index contributed by atoms with van der Waals surface area (Å²) in [6.45, 7) is 2.28. The lowest BCUT2D eigenvalue weighted by Gasteiger charge is -2.13. The lowest BCUT2D eigenvalue weighted by atomic mass is 10.3. The summed E-state index contributed by atoms with van der Waals surface area (Å²) in [5.41, 5.74) is 0. The monoisotopic (exact) mass is 203 g/mol. The van der Waals surface area contributed by atoms with Crippen LogP contribution >= 0.6 is 0 Å². The normalized spacial score (nSPS) is 28.6. The maximum atomic E-state index is 11.6. The van der Waals surface area contributed by atoms with Crippen molar-refractivity contribution in [2.45, 2.75) is 31.1 Å². The molecule has 0 aromatic rings. The first-order chi connectivity index (χ1) is 6.08. The van der Waals surface area contributed by atoms with Crippen LogP contribution in [0.1, 0.15) is 19.8 Å². The Hall–Kier alpha value is -0.600. The van der Waals surface area contributed by atoms with Crippen molar-refractivity contribution in [2.75, 3.05) is 12.4 Å². The van der Waals surface area contributed by atoms with E-state index in [9.17, 15) is 8.42 Å². The number of hydrogen-bond donors (Lipinski definition) is 0. The van der Waals surface area contributed by atoms with Gasteiger partial charge in [-0.05, 0) is 13.3 Å². The lowest BCUT2D eigenvalue weighted by Crippen LogP contribution is -2.29. The van der Waals surface area contributed by atoms with E-state index in [1.54, 1.807) is 6.92 Å². The molecule has 1 heterocycles. The van der Waals surface area contributed by atoms with E-state index in [0.29, 0.717) is 13.0 Å². The minimum atomic E-state index is -3.12. The first-order valence-corrected chi connectivity index (χ1v) is 5.99. The van der Waals surface area contributed by atoms with E-state index in [0.717, 1.165) is 0 Å². The Morgan fingerprint density at radius 2 is 2.31 bits per heavy atom. The molecule has 2 unspecified atom stereocenters. The summed E-state index contributed by atoms with van der Waals surface area (Å²) in [6, 6.07) is 1.84. The Morgan fingerprint density at radius 3 is 2.77 bits per heavy atom. The molecule has 0 aromatic heterocycles. The van der Waals surface area contributed by atoms with Gasteiger partial charge >= 0.3 is 0 Å². The first kappa shape index (κ1) is 10.5. The highest BCUT2D eigenvalue weighted by atomic mass is 32.2. The van der Waals surface area contributed by atoms with Crippen molar-refractivity contribution in [2.24, 2.45) is 0 Å². The smallest absolute Gasteiger partial charge is 0.156 e. The molecule has 0 saturated carbocycles. The van der Waals surface area contributed by atoms with E-state index in [1.807, 2.05) is 6.07 Å². The maximum Gasteiger partial charge on any atom is 0.156 e. The van der Waals surface area contributed by atoms with Gasteiger partial charge in [0.2, 0.25) is 0 Å². The van der Waals surface area contributed by atoms with Crippen LogP contribution in [0.4, 0.5) is 0 Å². The lowest BCUT2D eigenvalue weighted by molar-refractivity contribution is 0.126. The summed E-state index contributed by atoms with van der Waals surface area (Å²) in [7, 11) is -3.12. The molecule has 0 aromatic carbocycles. The summed E-state index contributed by atoms with van der Waals surface area (Å²) in [6.07, 6.45) is 0.421. The van der Waals surface area contributed by atoms with Crippen LogP contribution in [0, 0.1) is 11.3 Å². The van der Waals surface area contributed by atoms with E-state index in [4.69, 9.17) is 10.00 Å². The number of rotatable bonds is 3. The van der Waals surface area contributed by atoms with Crippen LogP contribution in [-0.4, -0.2) is 32.1 Å². The van der Waals surface area contributed by atoms with Crippen LogP contribution in [0.25, 0.3) is 0 Å². The predicted molar refractivity (Wildman–Crippen MR) is 47.8 cm³/mol. The minimum absolute atomic E-state index is 0.0398. The summed E-state index contributed by atoms with van der Waals surface area (Å²) in [5, 5.41) is 7.89. The molecular weight excluding hydrogens is 190 g/mol. The third kappa shape index (κ3) is 2.42. The second kappa shape index (κ2) is 4.07. The van der Waals surface area contributed by atoms with Crippen LogP contribution in [0.3, 0.4) is 0 Å². The van der Waals surface area contributed by atoms with Crippen molar-refractivity contribution in [1.82, 2.24) is 0 Å². The third-order valence-electron chi connectivity index (χ3n) is 2.27. The maximum absolute atomic E-state index is 11.6. The zero-order valence-electron chi connectivity index (χ0n) is 7.56. The van der Waals surface area contributed by atoms with Gasteiger partial charge in [-0.3, -0.25) is 0 Å². The van der Waals surface area contributed by atoms with Crippen molar-refractivity contribution >= 4 is 9.84 Å². The highest BCUT2D eigenvalue weighted by Crippen LogP contribution is 2.21. The van der Waals surface area contributed by atoms with Crippen molar-refractivity contribution in [3.8, 4) is 6.07 Å². The molecule has 0 aliphatic carbocycles. The molecule has 1 aliphatic heterocycles. The van der Waals surface area contributed by atoms with Gasteiger partial charge in [0.25, 0.3) is 0 Å². The average molecular weight is 203 g/mol. The predicted octanol–water partition coefficient (Wildman–Crippen LogP) is 0.492. The van der Waals surface area contributed by atoms with Crippen LogP contribution in [0.5, 0.6) is 0 Å². The van der Waals surface area contributed by atoms with Crippen molar-refractivity contribution in [3.63, 3.8) is 0 Å². The van der Waals surface area contributed by atoms with E-state index < -0.39 is 15.1 Å². The Kier molecular flexibility index (Phi) is 3.28. The van der Waals surface area contributed by atoms with Gasteiger partial charge in [-0.1, -0.05) is 0 Å². The number of ether oxygens (including phenoxy) is 1. The van der Waals surface area contributed by atoms with Gasteiger partial charge in [0, 0.05) is 13.0 Å². The standard InChI is InChI=1S/C8H13NO3S/c1-7-8(3-5-12-7)13(10,11)6-2-4-9/h7-8H,2-3,5-6H2,1H3. The molecule has 0 radical (unpaired) electrons. The Bertz CT molecular complexity index is 304. The molecule has 1 fully saturated rings. The molecule has 1 saturated heterocycles. The van der Waals surface area contributed by atoms with Gasteiger partial charge in [0.1, 0.15) is 0 Å². The molecule has 1 rings (SSSR count). The molecule has 2 atom stereocenters. The Balaban J connectivity index is 2.64. The molecule has 0 spiro atoms. The summed E-state index contributed by atoms with van der Waals surface area (Å²) in [5.74, 6) is -0.0398. The fourth-order valence-electron chi connectivity index (χ4n) is 1.52. The van der Waals surface area contributed by atoms with Crippen molar-refractivity contribution in [3.05, 3.63) is 0 Å². The molecule has 74 valence electrons. The van der Waals surface area contributed by atoms with E-state index in [-0.39, 0.29) is 18.3 Å². The summed E-state index contributed by atoms with van der Waals surface area (Å²) < 4.78 is 28.3. The summed E-state index contributed by atoms with van der Waals surface area (Å²) >= 11 is 0. The van der Waals surface area contributed by atoms with Gasteiger partial charge in [-0.2, -0.15) is 5.26 Å². The first-order valence-electron chi connectivity index (χ1n) is 4.28. The van der Waals surface area contributed by atoms with Gasteiger partial charge in [-0.25, -0.2) is 8.42 Å². The highest BCUT2D eigenvalue weighted by Gasteiger charge is 2.35. The quantitative estimate of drug-likeness (QED) is 0.669. The Labute approximate surface area is 78.4 Å². The zero-order valence-corrected chi connectivity index (χ0v) is 8.38. The summed E-state index contributed by atoms with van der Waals surface area (Å²) in [4.78, 5) is 0. The molecule has 1 aliphatic rings. The van der Waals surface area contributed by atoms with Gasteiger partial charge in [0.15, 0.2) is 9.84 Å². The van der Waals surface area contributed by atoms with Crippen LogP contribution < -0.4 is 0 Å². The largest absolute Gasteiger partial charge is 0.377 e. The SMILES string of the molecule is CC1OCCC1S(=O)(=O)CCC#N. The molecular formula is C8H13NO3S. The van der Waals surface area contributed by atoms with Gasteiger partial charge in [0.05, 0.1) is 23.2 Å². The second-order valence-corrected chi connectivity index (χ2v) is 5.52. The molecule has 5 heteroatoms. The minimum Gasteiger partial charge on any atom is -0.377 e. The van der Waals surface area contributed by atoms with E-state index in [2.05, 4.69) is 0 Å². The number of nitrogens with zero attached hydrogens (tertiary/aromatic N) is 1. The van der Waals surface area contributed by atoms with E-state index in [1.165, 1.54) is 0 Å².